The van der Waals surface area contributed by atoms with E-state index in [1.54, 1.807) is 28.4 Å². The van der Waals surface area contributed by atoms with Crippen LogP contribution in [-0.2, 0) is 6.54 Å². The van der Waals surface area contributed by atoms with Gasteiger partial charge in [-0.1, -0.05) is 0 Å². The molecule has 7 heteroatoms. The number of pyridine rings is 1. The summed E-state index contributed by atoms with van der Waals surface area (Å²) in [6.45, 7) is 5.48. The average Bonchev–Trinajstić information content (AvgIpc) is 2.81. The van der Waals surface area contributed by atoms with Crippen molar-refractivity contribution in [3.63, 3.8) is 0 Å². The summed E-state index contributed by atoms with van der Waals surface area (Å²) in [6, 6.07) is 10.2. The van der Waals surface area contributed by atoms with Gasteiger partial charge in [0.05, 0.1) is 51.2 Å². The van der Waals surface area contributed by atoms with E-state index < -0.39 is 0 Å². The second kappa shape index (κ2) is 9.85. The number of hydrogen-bond donors (Lipinski definition) is 0. The van der Waals surface area contributed by atoms with Gasteiger partial charge < -0.3 is 47.7 Å². The van der Waals surface area contributed by atoms with Crippen molar-refractivity contribution in [2.45, 2.75) is 20.4 Å². The first kappa shape index (κ1) is 24.0. The molecule has 0 aliphatic carbocycles. The highest BCUT2D eigenvalue weighted by atomic mass is 127. The molecule has 4 aromatic rings. The van der Waals surface area contributed by atoms with Gasteiger partial charge in [0, 0.05) is 10.8 Å². The van der Waals surface area contributed by atoms with E-state index in [-0.39, 0.29) is 24.0 Å². The van der Waals surface area contributed by atoms with Crippen molar-refractivity contribution < 1.29 is 52.2 Å². The number of ether oxygens (including phenoxy) is 5. The number of methoxy groups -OCH3 is 4. The number of rotatable bonds is 7. The van der Waals surface area contributed by atoms with Crippen molar-refractivity contribution in [3.05, 3.63) is 36.5 Å². The maximum Gasteiger partial charge on any atom is 0.221 e. The van der Waals surface area contributed by atoms with Gasteiger partial charge in [0.15, 0.2) is 29.2 Å². The molecule has 0 amide bonds. The third-order valence-electron chi connectivity index (χ3n) is 5.64. The molecule has 0 fully saturated rings. The number of hydrogen-bond acceptors (Lipinski definition) is 5. The van der Waals surface area contributed by atoms with Gasteiger partial charge in [-0.25, -0.2) is 0 Å². The minimum absolute atomic E-state index is 0. The molecule has 32 heavy (non-hydrogen) atoms. The Morgan fingerprint density at radius 3 is 1.62 bits per heavy atom. The highest BCUT2D eigenvalue weighted by Crippen LogP contribution is 2.42. The highest BCUT2D eigenvalue weighted by Gasteiger charge is 2.22. The van der Waals surface area contributed by atoms with Crippen molar-refractivity contribution in [1.82, 2.24) is 0 Å². The molecule has 0 aliphatic heterocycles. The smallest absolute Gasteiger partial charge is 0.221 e. The molecule has 0 aliphatic rings. The second-order valence-corrected chi connectivity index (χ2v) is 7.17. The third kappa shape index (κ3) is 3.83. The average molecular weight is 549 g/mol. The fraction of sp³-hybridized carbons (Fsp3) is 0.320. The van der Waals surface area contributed by atoms with E-state index in [1.165, 1.54) is 0 Å². The molecule has 0 bridgehead atoms. The molecule has 170 valence electrons. The Kier molecular flexibility index (Phi) is 7.38. The van der Waals surface area contributed by atoms with E-state index in [1.807, 2.05) is 31.2 Å². The Labute approximate surface area is 205 Å². The first-order valence-electron chi connectivity index (χ1n) is 10.3. The fourth-order valence-corrected chi connectivity index (χ4v) is 4.21. The lowest BCUT2D eigenvalue weighted by Crippen LogP contribution is -3.00. The summed E-state index contributed by atoms with van der Waals surface area (Å²) in [5.74, 6) is 3.55. The van der Waals surface area contributed by atoms with Crippen LogP contribution >= 0.6 is 0 Å². The van der Waals surface area contributed by atoms with Crippen LogP contribution in [0.25, 0.3) is 32.4 Å². The lowest BCUT2D eigenvalue weighted by Gasteiger charge is -2.16. The first-order valence-corrected chi connectivity index (χ1v) is 10.3. The van der Waals surface area contributed by atoms with Crippen LogP contribution in [0, 0.1) is 0 Å². The van der Waals surface area contributed by atoms with Crippen LogP contribution in [0.4, 0.5) is 0 Å². The van der Waals surface area contributed by atoms with E-state index in [2.05, 4.69) is 23.8 Å². The molecule has 0 atom stereocenters. The van der Waals surface area contributed by atoms with Crippen LogP contribution in [-0.4, -0.2) is 35.0 Å². The lowest BCUT2D eigenvalue weighted by molar-refractivity contribution is -0.665. The molecule has 0 saturated heterocycles. The zero-order valence-corrected chi connectivity index (χ0v) is 21.4. The van der Waals surface area contributed by atoms with Crippen LogP contribution in [0.1, 0.15) is 13.8 Å². The second-order valence-electron chi connectivity index (χ2n) is 7.17. The number of benzene rings is 3. The number of aromatic nitrogens is 1. The van der Waals surface area contributed by atoms with Gasteiger partial charge in [-0.05, 0) is 44.2 Å². The zero-order chi connectivity index (χ0) is 22.1. The molecular formula is C25H28INO5. The van der Waals surface area contributed by atoms with Gasteiger partial charge in [-0.15, -0.1) is 0 Å². The largest absolute Gasteiger partial charge is 1.00 e. The number of halogens is 1. The standard InChI is InChI=1S/C25H28NO5.HI/c1-7-26-14-15-9-21(27-3)22(28-4)10-16(15)18-12-20(31-8-2)17-11-23(29-5)24(30-6)13-19(17)25(18)26;/h9-14H,7-8H2,1-6H3;1H/q+1;/p-1. The van der Waals surface area contributed by atoms with Crippen LogP contribution < -0.4 is 52.2 Å². The van der Waals surface area contributed by atoms with Crippen molar-refractivity contribution in [1.29, 1.82) is 0 Å². The number of nitrogens with zero attached hydrogens (tertiary/aromatic N) is 1. The van der Waals surface area contributed by atoms with Crippen molar-refractivity contribution in [3.8, 4) is 28.7 Å². The zero-order valence-electron chi connectivity index (χ0n) is 19.2. The molecule has 0 spiro atoms. The number of aryl methyl sites for hydroxylation is 1. The van der Waals surface area contributed by atoms with Gasteiger partial charge in [-0.3, -0.25) is 0 Å². The molecule has 0 N–H and O–H groups in total. The van der Waals surface area contributed by atoms with Gasteiger partial charge >= 0.3 is 0 Å². The normalized spacial score (nSPS) is 10.8. The van der Waals surface area contributed by atoms with Gasteiger partial charge in [0.25, 0.3) is 0 Å². The van der Waals surface area contributed by atoms with E-state index in [0.29, 0.717) is 29.6 Å². The van der Waals surface area contributed by atoms with Crippen LogP contribution in [0.2, 0.25) is 0 Å². The third-order valence-corrected chi connectivity index (χ3v) is 5.64. The summed E-state index contributed by atoms with van der Waals surface area (Å²) < 4.78 is 30.6. The monoisotopic (exact) mass is 549 g/mol. The Balaban J connectivity index is 0.00000289. The van der Waals surface area contributed by atoms with Crippen LogP contribution in [0.3, 0.4) is 0 Å². The minimum atomic E-state index is 0. The van der Waals surface area contributed by atoms with Crippen molar-refractivity contribution >= 4 is 32.4 Å². The van der Waals surface area contributed by atoms with Crippen LogP contribution in [0.5, 0.6) is 28.7 Å². The van der Waals surface area contributed by atoms with E-state index in [4.69, 9.17) is 23.7 Å². The molecule has 6 nitrogen and oxygen atoms in total. The highest BCUT2D eigenvalue weighted by molar-refractivity contribution is 6.16. The summed E-state index contributed by atoms with van der Waals surface area (Å²) in [7, 11) is 6.60. The lowest BCUT2D eigenvalue weighted by atomic mass is 9.99. The molecule has 1 heterocycles. The molecule has 4 rings (SSSR count). The Bertz CT molecular complexity index is 1290. The van der Waals surface area contributed by atoms with Crippen molar-refractivity contribution in [2.24, 2.45) is 0 Å². The predicted octanol–water partition coefficient (Wildman–Crippen LogP) is 1.89. The molecule has 0 radical (unpaired) electrons. The minimum Gasteiger partial charge on any atom is -1.00 e. The Morgan fingerprint density at radius 1 is 0.625 bits per heavy atom. The fourth-order valence-electron chi connectivity index (χ4n) is 4.21. The number of fused-ring (bicyclic) bond motifs is 5. The summed E-state index contributed by atoms with van der Waals surface area (Å²) >= 11 is 0. The Hall–Kier alpha value is -2.68. The van der Waals surface area contributed by atoms with Gasteiger partial charge in [-0.2, -0.15) is 4.57 Å². The molecule has 0 unspecified atom stereocenters. The molecular weight excluding hydrogens is 521 g/mol. The Morgan fingerprint density at radius 2 is 1.09 bits per heavy atom. The maximum atomic E-state index is 6.06. The molecule has 3 aromatic carbocycles. The summed E-state index contributed by atoms with van der Waals surface area (Å²) in [6.07, 6.45) is 2.15. The predicted molar refractivity (Wildman–Crippen MR) is 122 cm³/mol. The maximum absolute atomic E-state index is 6.06. The summed E-state index contributed by atoms with van der Waals surface area (Å²) in [4.78, 5) is 0. The summed E-state index contributed by atoms with van der Waals surface area (Å²) in [5.41, 5.74) is 1.10. The van der Waals surface area contributed by atoms with Gasteiger partial charge in [0.2, 0.25) is 5.52 Å². The summed E-state index contributed by atoms with van der Waals surface area (Å²) in [5, 5.41) is 5.22. The van der Waals surface area contributed by atoms with Gasteiger partial charge in [0.1, 0.15) is 12.3 Å². The van der Waals surface area contributed by atoms with E-state index in [0.717, 1.165) is 44.7 Å². The topological polar surface area (TPSA) is 50.0 Å². The SMILES string of the molecule is CCOc1cc2c3cc(OC)c(OC)cc3c[n+](CC)c2c2cc(OC)c(OC)cc12.[I-]. The van der Waals surface area contributed by atoms with E-state index >= 15 is 0 Å². The molecule has 0 saturated carbocycles. The van der Waals surface area contributed by atoms with E-state index in [9.17, 15) is 0 Å². The van der Waals surface area contributed by atoms with Crippen molar-refractivity contribution in [2.75, 3.05) is 35.0 Å². The molecule has 1 aromatic heterocycles. The quantitative estimate of drug-likeness (QED) is 0.200. The first-order chi connectivity index (χ1) is 15.1. The van der Waals surface area contributed by atoms with Crippen LogP contribution in [0.15, 0.2) is 36.5 Å².